The first-order chi connectivity index (χ1) is 14.8. The Labute approximate surface area is 188 Å². The van der Waals surface area contributed by atoms with Gasteiger partial charge in [0, 0.05) is 15.2 Å². The molecule has 0 amide bonds. The minimum absolute atomic E-state index is 0.136. The van der Waals surface area contributed by atoms with Crippen molar-refractivity contribution in [1.82, 2.24) is 10.6 Å². The molecule has 1 aliphatic rings. The van der Waals surface area contributed by atoms with Crippen molar-refractivity contribution in [2.45, 2.75) is 80.4 Å². The van der Waals surface area contributed by atoms with Crippen LogP contribution in [0.5, 0.6) is 0 Å². The molecule has 0 aliphatic carbocycles. The van der Waals surface area contributed by atoms with Crippen LogP contribution in [-0.4, -0.2) is 26.2 Å². The molecule has 1 aliphatic heterocycles. The number of benzene rings is 2. The van der Waals surface area contributed by atoms with E-state index >= 15 is 0 Å². The van der Waals surface area contributed by atoms with Gasteiger partial charge in [-0.3, -0.25) is 0 Å². The summed E-state index contributed by atoms with van der Waals surface area (Å²) in [6.07, 6.45) is 9.96. The molecule has 2 N–H and O–H groups in total. The lowest BCUT2D eigenvalue weighted by Gasteiger charge is -2.41. The van der Waals surface area contributed by atoms with Crippen molar-refractivity contribution >= 4 is 11.8 Å². The van der Waals surface area contributed by atoms with Gasteiger partial charge in [0.25, 0.3) is 0 Å². The topological polar surface area (TPSA) is 24.1 Å². The van der Waals surface area contributed by atoms with E-state index in [0.29, 0.717) is 0 Å². The Kier molecular flexibility index (Phi) is 9.77. The van der Waals surface area contributed by atoms with Crippen molar-refractivity contribution in [3.63, 3.8) is 0 Å². The molecule has 1 heterocycles. The summed E-state index contributed by atoms with van der Waals surface area (Å²) in [6.45, 7) is 9.06. The SMILES string of the molecule is CCCCNCCCC1(CCCNCCCC)c2ccccc2Sc2ccccc21. The summed E-state index contributed by atoms with van der Waals surface area (Å²) in [5.41, 5.74) is 3.24. The molecule has 0 aromatic heterocycles. The van der Waals surface area contributed by atoms with E-state index in [1.807, 2.05) is 11.8 Å². The number of hydrogen-bond donors (Lipinski definition) is 2. The maximum absolute atomic E-state index is 3.66. The third kappa shape index (κ3) is 5.90. The third-order valence-corrected chi connectivity index (χ3v) is 7.51. The maximum atomic E-state index is 3.66. The molecule has 2 nitrogen and oxygen atoms in total. The highest BCUT2D eigenvalue weighted by Crippen LogP contribution is 2.53. The largest absolute Gasteiger partial charge is 0.317 e. The van der Waals surface area contributed by atoms with E-state index in [4.69, 9.17) is 0 Å². The van der Waals surface area contributed by atoms with Crippen molar-refractivity contribution in [2.24, 2.45) is 0 Å². The smallest absolute Gasteiger partial charge is 0.0226 e. The molecule has 0 saturated heterocycles. The molecule has 2 aromatic carbocycles. The summed E-state index contributed by atoms with van der Waals surface area (Å²) in [5.74, 6) is 0. The zero-order valence-corrected chi connectivity index (χ0v) is 19.8. The number of rotatable bonds is 14. The van der Waals surface area contributed by atoms with Gasteiger partial charge in [0.2, 0.25) is 0 Å². The molecule has 2 aromatic rings. The van der Waals surface area contributed by atoms with Gasteiger partial charge in [-0.1, -0.05) is 74.8 Å². The van der Waals surface area contributed by atoms with Crippen LogP contribution >= 0.6 is 11.8 Å². The molecule has 3 rings (SSSR count). The summed E-state index contributed by atoms with van der Waals surface area (Å²) in [6, 6.07) is 18.3. The van der Waals surface area contributed by atoms with Crippen LogP contribution in [0.3, 0.4) is 0 Å². The second-order valence-corrected chi connectivity index (χ2v) is 9.67. The van der Waals surface area contributed by atoms with Crippen molar-refractivity contribution < 1.29 is 0 Å². The van der Waals surface area contributed by atoms with Crippen LogP contribution in [0.1, 0.15) is 76.3 Å². The van der Waals surface area contributed by atoms with E-state index in [-0.39, 0.29) is 5.41 Å². The fourth-order valence-electron chi connectivity index (χ4n) is 4.71. The van der Waals surface area contributed by atoms with Gasteiger partial charge in [0.05, 0.1) is 0 Å². The van der Waals surface area contributed by atoms with Gasteiger partial charge in [-0.15, -0.1) is 0 Å². The van der Waals surface area contributed by atoms with E-state index in [1.54, 1.807) is 11.1 Å². The Balaban J connectivity index is 1.79. The Bertz CT molecular complexity index is 695. The first-order valence-corrected chi connectivity index (χ1v) is 12.9. The van der Waals surface area contributed by atoms with Crippen LogP contribution in [0.15, 0.2) is 58.3 Å². The average molecular weight is 425 g/mol. The maximum Gasteiger partial charge on any atom is 0.0226 e. The predicted octanol–water partition coefficient (Wildman–Crippen LogP) is 6.78. The molecule has 0 saturated carbocycles. The van der Waals surface area contributed by atoms with E-state index < -0.39 is 0 Å². The zero-order chi connectivity index (χ0) is 21.1. The normalized spacial score (nSPS) is 14.3. The lowest BCUT2D eigenvalue weighted by Crippen LogP contribution is -2.33. The molecule has 0 radical (unpaired) electrons. The van der Waals surface area contributed by atoms with E-state index in [1.165, 1.54) is 61.2 Å². The van der Waals surface area contributed by atoms with Gasteiger partial charge in [-0.05, 0) is 88.0 Å². The average Bonchev–Trinajstić information content (AvgIpc) is 2.78. The summed E-state index contributed by atoms with van der Waals surface area (Å²) >= 11 is 1.95. The van der Waals surface area contributed by atoms with E-state index in [9.17, 15) is 0 Å². The number of hydrogen-bond acceptors (Lipinski definition) is 3. The van der Waals surface area contributed by atoms with Crippen LogP contribution in [-0.2, 0) is 5.41 Å². The van der Waals surface area contributed by atoms with Gasteiger partial charge >= 0.3 is 0 Å². The molecular weight excluding hydrogens is 384 g/mol. The fraction of sp³-hybridized carbons (Fsp3) is 0.556. The Morgan fingerprint density at radius 1 is 0.633 bits per heavy atom. The van der Waals surface area contributed by atoms with Crippen molar-refractivity contribution in [2.75, 3.05) is 26.2 Å². The van der Waals surface area contributed by atoms with Crippen LogP contribution in [0, 0.1) is 0 Å². The molecule has 0 bridgehead atoms. The quantitative estimate of drug-likeness (QED) is 0.327. The predicted molar refractivity (Wildman–Crippen MR) is 132 cm³/mol. The monoisotopic (exact) mass is 424 g/mol. The van der Waals surface area contributed by atoms with Gasteiger partial charge in [0.1, 0.15) is 0 Å². The second kappa shape index (κ2) is 12.5. The zero-order valence-electron chi connectivity index (χ0n) is 19.0. The first kappa shape index (κ1) is 23.4. The lowest BCUT2D eigenvalue weighted by atomic mass is 9.68. The number of nitrogens with one attached hydrogen (secondary N) is 2. The summed E-state index contributed by atoms with van der Waals surface area (Å²) in [5, 5.41) is 7.33. The second-order valence-electron chi connectivity index (χ2n) is 8.59. The number of unbranched alkanes of at least 4 members (excludes halogenated alkanes) is 2. The molecule has 0 unspecified atom stereocenters. The minimum Gasteiger partial charge on any atom is -0.317 e. The molecule has 164 valence electrons. The lowest BCUT2D eigenvalue weighted by molar-refractivity contribution is 0.385. The van der Waals surface area contributed by atoms with Gasteiger partial charge in [0.15, 0.2) is 0 Å². The molecule has 0 spiro atoms. The Morgan fingerprint density at radius 3 is 1.53 bits per heavy atom. The Hall–Kier alpha value is -1.29. The highest BCUT2D eigenvalue weighted by atomic mass is 32.2. The standard InChI is InChI=1S/C27H40N2S/c1-3-5-19-28-21-11-17-27(18-12-22-29-20-6-4-2)23-13-7-9-15-25(23)30-26-16-10-8-14-24(26)27/h7-10,13-16,28-29H,3-6,11-12,17-22H2,1-2H3. The highest BCUT2D eigenvalue weighted by Gasteiger charge is 2.39. The fourth-order valence-corrected chi connectivity index (χ4v) is 5.99. The minimum atomic E-state index is 0.136. The van der Waals surface area contributed by atoms with Crippen LogP contribution in [0.25, 0.3) is 0 Å². The van der Waals surface area contributed by atoms with Crippen LogP contribution < -0.4 is 10.6 Å². The third-order valence-electron chi connectivity index (χ3n) is 6.35. The van der Waals surface area contributed by atoms with Gasteiger partial charge in [-0.2, -0.15) is 0 Å². The summed E-state index contributed by atoms with van der Waals surface area (Å²) in [7, 11) is 0. The van der Waals surface area contributed by atoms with Gasteiger partial charge < -0.3 is 10.6 Å². The number of fused-ring (bicyclic) bond motifs is 2. The van der Waals surface area contributed by atoms with E-state index in [2.05, 4.69) is 73.0 Å². The molecule has 0 fully saturated rings. The molecule has 30 heavy (non-hydrogen) atoms. The van der Waals surface area contributed by atoms with Crippen molar-refractivity contribution in [3.8, 4) is 0 Å². The first-order valence-electron chi connectivity index (χ1n) is 12.1. The van der Waals surface area contributed by atoms with Crippen LogP contribution in [0.4, 0.5) is 0 Å². The van der Waals surface area contributed by atoms with E-state index in [0.717, 1.165) is 26.2 Å². The van der Waals surface area contributed by atoms with Gasteiger partial charge in [-0.25, -0.2) is 0 Å². The molecular formula is C27H40N2S. The van der Waals surface area contributed by atoms with Crippen molar-refractivity contribution in [1.29, 1.82) is 0 Å². The molecule has 0 atom stereocenters. The summed E-state index contributed by atoms with van der Waals surface area (Å²) < 4.78 is 0. The van der Waals surface area contributed by atoms with Crippen molar-refractivity contribution in [3.05, 3.63) is 59.7 Å². The highest BCUT2D eigenvalue weighted by molar-refractivity contribution is 7.99. The molecule has 3 heteroatoms. The Morgan fingerprint density at radius 2 is 1.07 bits per heavy atom. The summed E-state index contributed by atoms with van der Waals surface area (Å²) in [4.78, 5) is 2.91. The van der Waals surface area contributed by atoms with Crippen LogP contribution in [0.2, 0.25) is 0 Å².